The van der Waals surface area contributed by atoms with E-state index in [9.17, 15) is 9.59 Å². The Hall–Kier alpha value is -4.13. The second-order valence-corrected chi connectivity index (χ2v) is 9.24. The molecule has 1 aliphatic heterocycles. The molecular weight excluding hydrogens is 450 g/mol. The maximum absolute atomic E-state index is 13.6. The highest BCUT2D eigenvalue weighted by Crippen LogP contribution is 2.27. The topological polar surface area (TPSA) is 72.2 Å². The minimum Gasteiger partial charge on any atom is -0.338 e. The summed E-state index contributed by atoms with van der Waals surface area (Å²) in [5.74, 6) is 0.569. The number of nitrogens with zero attached hydrogens (tertiary/aromatic N) is 4. The molecule has 0 saturated carbocycles. The van der Waals surface area contributed by atoms with Gasteiger partial charge in [0.2, 0.25) is 5.91 Å². The van der Waals surface area contributed by atoms with Crippen LogP contribution in [0.15, 0.2) is 79.3 Å². The lowest BCUT2D eigenvalue weighted by atomic mass is 9.95. The van der Waals surface area contributed by atoms with Crippen LogP contribution < -0.4 is 5.32 Å². The Bertz CT molecular complexity index is 1350. The summed E-state index contributed by atoms with van der Waals surface area (Å²) in [6.45, 7) is 5.18. The quantitative estimate of drug-likeness (QED) is 0.420. The minimum absolute atomic E-state index is 0.0380. The van der Waals surface area contributed by atoms with Crippen molar-refractivity contribution in [1.82, 2.24) is 19.2 Å². The van der Waals surface area contributed by atoms with Crippen molar-refractivity contribution in [3.05, 3.63) is 95.9 Å². The number of nitrogens with one attached hydrogen (secondary N) is 1. The number of hydrogen-bond acceptors (Lipinski definition) is 3. The lowest BCUT2D eigenvalue weighted by molar-refractivity contribution is -0.121. The summed E-state index contributed by atoms with van der Waals surface area (Å²) in [4.78, 5) is 28.5. The van der Waals surface area contributed by atoms with Crippen molar-refractivity contribution < 1.29 is 9.59 Å². The predicted octanol–water partition coefficient (Wildman–Crippen LogP) is 5.02. The molecule has 184 valence electrons. The van der Waals surface area contributed by atoms with Gasteiger partial charge >= 0.3 is 0 Å². The fourth-order valence-corrected chi connectivity index (χ4v) is 4.92. The Labute approximate surface area is 211 Å². The highest BCUT2D eigenvalue weighted by molar-refractivity contribution is 5.98. The fourth-order valence-electron chi connectivity index (χ4n) is 4.92. The van der Waals surface area contributed by atoms with Gasteiger partial charge in [0.05, 0.1) is 11.9 Å². The highest BCUT2D eigenvalue weighted by atomic mass is 16.2. The van der Waals surface area contributed by atoms with E-state index in [0.29, 0.717) is 37.3 Å². The van der Waals surface area contributed by atoms with Crippen molar-refractivity contribution in [2.24, 2.45) is 5.92 Å². The minimum atomic E-state index is -0.116. The van der Waals surface area contributed by atoms with Gasteiger partial charge in [0.25, 0.3) is 5.91 Å². The van der Waals surface area contributed by atoms with Crippen LogP contribution in [0.4, 0.5) is 5.69 Å². The number of hydrogen-bond donors (Lipinski definition) is 1. The molecule has 0 radical (unpaired) electrons. The van der Waals surface area contributed by atoms with E-state index in [-0.39, 0.29) is 17.7 Å². The molecule has 36 heavy (non-hydrogen) atoms. The number of anilines is 1. The normalized spacial score (nSPS) is 14.1. The number of aromatic nitrogens is 3. The molecule has 0 unspecified atom stereocenters. The zero-order valence-electron chi connectivity index (χ0n) is 20.7. The summed E-state index contributed by atoms with van der Waals surface area (Å²) in [5, 5.41) is 7.72. The summed E-state index contributed by atoms with van der Waals surface area (Å²) < 4.78 is 3.71. The second kappa shape index (κ2) is 10.2. The molecule has 7 heteroatoms. The van der Waals surface area contributed by atoms with Crippen LogP contribution in [0.25, 0.3) is 11.5 Å². The second-order valence-electron chi connectivity index (χ2n) is 9.24. The Balaban J connectivity index is 1.31. The van der Waals surface area contributed by atoms with E-state index in [4.69, 9.17) is 0 Å². The van der Waals surface area contributed by atoms with Crippen molar-refractivity contribution in [3.63, 3.8) is 0 Å². The number of para-hydroxylation sites is 2. The number of amides is 2. The van der Waals surface area contributed by atoms with Gasteiger partial charge in [0, 0.05) is 37.1 Å². The standard InChI is InChI=1S/C29H31N5O2/c1-3-22-11-9-10-21(2)26(22)31-27(35)23-14-18-33(19-15-23)29(36)25-20-30-34(24-12-5-4-6-13-24)28(25)32-16-7-8-17-32/h4-13,16-17,20,23H,3,14-15,18-19H2,1-2H3,(H,31,35). The Morgan fingerprint density at radius 3 is 2.39 bits per heavy atom. The number of carbonyl (C=O) groups excluding carboxylic acids is 2. The average Bonchev–Trinajstić information content (AvgIpc) is 3.60. The molecule has 2 aromatic carbocycles. The lowest BCUT2D eigenvalue weighted by Gasteiger charge is -2.31. The first-order valence-corrected chi connectivity index (χ1v) is 12.5. The first-order valence-electron chi connectivity index (χ1n) is 12.5. The van der Waals surface area contributed by atoms with Gasteiger partial charge in [-0.05, 0) is 61.6 Å². The van der Waals surface area contributed by atoms with E-state index in [1.54, 1.807) is 10.9 Å². The van der Waals surface area contributed by atoms with Gasteiger partial charge in [0.1, 0.15) is 5.56 Å². The Kier molecular flexibility index (Phi) is 6.71. The van der Waals surface area contributed by atoms with E-state index in [1.807, 2.05) is 83.4 Å². The molecule has 0 bridgehead atoms. The molecule has 2 aromatic heterocycles. The third-order valence-electron chi connectivity index (χ3n) is 6.97. The number of carbonyl (C=O) groups is 2. The molecule has 0 aliphatic carbocycles. The van der Waals surface area contributed by atoms with Crippen LogP contribution >= 0.6 is 0 Å². The number of rotatable bonds is 6. The van der Waals surface area contributed by atoms with E-state index in [2.05, 4.69) is 23.4 Å². The first-order chi connectivity index (χ1) is 17.6. The molecule has 1 N–H and O–H groups in total. The molecule has 5 rings (SSSR count). The van der Waals surface area contributed by atoms with E-state index < -0.39 is 0 Å². The third kappa shape index (κ3) is 4.56. The smallest absolute Gasteiger partial charge is 0.259 e. The van der Waals surface area contributed by atoms with Crippen LogP contribution in [0, 0.1) is 12.8 Å². The summed E-state index contributed by atoms with van der Waals surface area (Å²) in [7, 11) is 0. The first kappa shape index (κ1) is 23.6. The van der Waals surface area contributed by atoms with Crippen LogP contribution in [0.3, 0.4) is 0 Å². The predicted molar refractivity (Wildman–Crippen MR) is 141 cm³/mol. The Morgan fingerprint density at radius 1 is 0.972 bits per heavy atom. The SMILES string of the molecule is CCc1cccc(C)c1NC(=O)C1CCN(C(=O)c2cnn(-c3ccccc3)c2-n2cccc2)CC1. The van der Waals surface area contributed by atoms with Crippen LogP contribution in [0.2, 0.25) is 0 Å². The largest absolute Gasteiger partial charge is 0.338 e. The molecule has 1 aliphatic rings. The maximum Gasteiger partial charge on any atom is 0.259 e. The molecule has 3 heterocycles. The van der Waals surface area contributed by atoms with Gasteiger partial charge in [0.15, 0.2) is 5.82 Å². The van der Waals surface area contributed by atoms with Gasteiger partial charge in [-0.25, -0.2) is 4.68 Å². The summed E-state index contributed by atoms with van der Waals surface area (Å²) in [6.07, 6.45) is 7.62. The third-order valence-corrected chi connectivity index (χ3v) is 6.97. The molecule has 1 fully saturated rings. The number of aryl methyl sites for hydroxylation is 2. The summed E-state index contributed by atoms with van der Waals surface area (Å²) >= 11 is 0. The summed E-state index contributed by atoms with van der Waals surface area (Å²) in [6, 6.07) is 19.8. The molecule has 4 aromatic rings. The van der Waals surface area contributed by atoms with E-state index in [0.717, 1.165) is 28.9 Å². The van der Waals surface area contributed by atoms with Gasteiger partial charge < -0.3 is 14.8 Å². The van der Waals surface area contributed by atoms with Crippen LogP contribution in [-0.4, -0.2) is 44.2 Å². The van der Waals surface area contributed by atoms with Gasteiger partial charge in [-0.15, -0.1) is 0 Å². The summed E-state index contributed by atoms with van der Waals surface area (Å²) in [5.41, 5.74) is 4.57. The maximum atomic E-state index is 13.6. The lowest BCUT2D eigenvalue weighted by Crippen LogP contribution is -2.41. The van der Waals surface area contributed by atoms with Crippen molar-refractivity contribution in [2.45, 2.75) is 33.1 Å². The average molecular weight is 482 g/mol. The van der Waals surface area contributed by atoms with Crippen LogP contribution in [0.1, 0.15) is 41.3 Å². The zero-order chi connectivity index (χ0) is 25.1. The van der Waals surface area contributed by atoms with Gasteiger partial charge in [-0.2, -0.15) is 5.10 Å². The molecule has 0 spiro atoms. The fraction of sp³-hybridized carbons (Fsp3) is 0.276. The highest BCUT2D eigenvalue weighted by Gasteiger charge is 2.31. The number of piperidine rings is 1. The van der Waals surface area contributed by atoms with Crippen LogP contribution in [0.5, 0.6) is 0 Å². The van der Waals surface area contributed by atoms with Crippen molar-refractivity contribution in [2.75, 3.05) is 18.4 Å². The van der Waals surface area contributed by atoms with Crippen molar-refractivity contribution in [3.8, 4) is 11.5 Å². The molecule has 0 atom stereocenters. The monoisotopic (exact) mass is 481 g/mol. The van der Waals surface area contributed by atoms with E-state index >= 15 is 0 Å². The van der Waals surface area contributed by atoms with E-state index in [1.165, 1.54) is 0 Å². The Morgan fingerprint density at radius 2 is 1.69 bits per heavy atom. The van der Waals surface area contributed by atoms with Gasteiger partial charge in [-0.1, -0.05) is 43.3 Å². The van der Waals surface area contributed by atoms with Crippen LogP contribution in [-0.2, 0) is 11.2 Å². The molecular formula is C29H31N5O2. The molecule has 7 nitrogen and oxygen atoms in total. The number of likely N-dealkylation sites (tertiary alicyclic amines) is 1. The van der Waals surface area contributed by atoms with Gasteiger partial charge in [-0.3, -0.25) is 9.59 Å². The zero-order valence-corrected chi connectivity index (χ0v) is 20.7. The molecule has 1 saturated heterocycles. The van der Waals surface area contributed by atoms with Crippen molar-refractivity contribution in [1.29, 1.82) is 0 Å². The number of benzene rings is 2. The van der Waals surface area contributed by atoms with Crippen molar-refractivity contribution >= 4 is 17.5 Å². The molecule has 2 amide bonds.